The Hall–Kier alpha value is -1.84. The summed E-state index contributed by atoms with van der Waals surface area (Å²) in [5, 5.41) is 9.13. The molecule has 0 bridgehead atoms. The van der Waals surface area contributed by atoms with Crippen LogP contribution in [0.15, 0.2) is 18.2 Å². The van der Waals surface area contributed by atoms with Crippen LogP contribution in [0, 0.1) is 25.7 Å². The van der Waals surface area contributed by atoms with Crippen LogP contribution in [0.4, 0.5) is 0 Å². The number of benzene rings is 1. The predicted octanol–water partition coefficient (Wildman–Crippen LogP) is 3.86. The lowest BCUT2D eigenvalue weighted by atomic mass is 9.81. The minimum absolute atomic E-state index is 0.00585. The van der Waals surface area contributed by atoms with Gasteiger partial charge in [-0.15, -0.1) is 0 Å². The number of carboxylic acids is 1. The molecule has 1 saturated heterocycles. The van der Waals surface area contributed by atoms with Gasteiger partial charge in [-0.1, -0.05) is 23.8 Å². The molecule has 1 aromatic rings. The fraction of sp³-hybridized carbons (Fsp3) is 0.600. The summed E-state index contributed by atoms with van der Waals surface area (Å²) in [5.41, 5.74) is 3.76. The third-order valence-electron chi connectivity index (χ3n) is 5.76. The molecule has 2 fully saturated rings. The molecule has 1 atom stereocenters. The monoisotopic (exact) mass is 329 g/mol. The Morgan fingerprint density at radius 3 is 2.38 bits per heavy atom. The highest BCUT2D eigenvalue weighted by molar-refractivity contribution is 5.80. The molecule has 130 valence electrons. The van der Waals surface area contributed by atoms with Gasteiger partial charge in [-0.05, 0) is 63.5 Å². The number of hydrogen-bond acceptors (Lipinski definition) is 2. The van der Waals surface area contributed by atoms with E-state index in [4.69, 9.17) is 5.11 Å². The van der Waals surface area contributed by atoms with E-state index in [-0.39, 0.29) is 23.8 Å². The second-order valence-corrected chi connectivity index (χ2v) is 7.44. The molecule has 0 spiro atoms. The average molecular weight is 329 g/mol. The maximum atomic E-state index is 13.0. The van der Waals surface area contributed by atoms with E-state index in [0.717, 1.165) is 19.4 Å². The normalized spacial score (nSPS) is 27.2. The molecule has 1 unspecified atom stereocenters. The Bertz CT molecular complexity index is 632. The molecule has 0 aromatic heterocycles. The van der Waals surface area contributed by atoms with E-state index in [1.165, 1.54) is 16.7 Å². The van der Waals surface area contributed by atoms with Gasteiger partial charge >= 0.3 is 5.97 Å². The molecular weight excluding hydrogens is 302 g/mol. The molecule has 4 heteroatoms. The summed E-state index contributed by atoms with van der Waals surface area (Å²) in [6.45, 7) is 5.04. The van der Waals surface area contributed by atoms with Crippen LogP contribution in [0.25, 0.3) is 0 Å². The van der Waals surface area contributed by atoms with Crippen molar-refractivity contribution in [2.75, 3.05) is 6.54 Å². The fourth-order valence-electron chi connectivity index (χ4n) is 4.29. The van der Waals surface area contributed by atoms with Gasteiger partial charge in [0.15, 0.2) is 0 Å². The number of carbonyl (C=O) groups is 2. The third-order valence-corrected chi connectivity index (χ3v) is 5.76. The second kappa shape index (κ2) is 6.96. The van der Waals surface area contributed by atoms with E-state index >= 15 is 0 Å². The van der Waals surface area contributed by atoms with E-state index in [0.29, 0.717) is 25.7 Å². The van der Waals surface area contributed by atoms with E-state index in [1.54, 1.807) is 0 Å². The summed E-state index contributed by atoms with van der Waals surface area (Å²) in [7, 11) is 0. The Balaban J connectivity index is 1.72. The number of aryl methyl sites for hydroxylation is 2. The number of likely N-dealkylation sites (tertiary alicyclic amines) is 1. The van der Waals surface area contributed by atoms with Crippen molar-refractivity contribution in [2.24, 2.45) is 11.8 Å². The number of nitrogens with zero attached hydrogens (tertiary/aromatic N) is 1. The Kier molecular flexibility index (Phi) is 4.93. The third kappa shape index (κ3) is 3.33. The van der Waals surface area contributed by atoms with Gasteiger partial charge in [-0.2, -0.15) is 0 Å². The van der Waals surface area contributed by atoms with Gasteiger partial charge in [0.1, 0.15) is 0 Å². The van der Waals surface area contributed by atoms with Crippen molar-refractivity contribution in [2.45, 2.75) is 58.4 Å². The van der Waals surface area contributed by atoms with E-state index in [2.05, 4.69) is 36.9 Å². The van der Waals surface area contributed by atoms with Crippen molar-refractivity contribution >= 4 is 11.9 Å². The van der Waals surface area contributed by atoms with E-state index in [9.17, 15) is 9.59 Å². The molecule has 24 heavy (non-hydrogen) atoms. The lowest BCUT2D eigenvalue weighted by Crippen LogP contribution is -2.38. The summed E-state index contributed by atoms with van der Waals surface area (Å²) in [6.07, 6.45) is 4.77. The molecular formula is C20H27NO3. The average Bonchev–Trinajstić information content (AvgIpc) is 3.06. The Morgan fingerprint density at radius 1 is 1.04 bits per heavy atom. The van der Waals surface area contributed by atoms with Gasteiger partial charge in [-0.25, -0.2) is 0 Å². The second-order valence-electron chi connectivity index (χ2n) is 7.44. The van der Waals surface area contributed by atoms with Gasteiger partial charge in [0, 0.05) is 12.5 Å². The van der Waals surface area contributed by atoms with Crippen molar-refractivity contribution in [1.29, 1.82) is 0 Å². The number of hydrogen-bond donors (Lipinski definition) is 1. The number of rotatable bonds is 3. The molecule has 0 radical (unpaired) electrons. The minimum atomic E-state index is -0.713. The molecule has 1 N–H and O–H groups in total. The van der Waals surface area contributed by atoms with Gasteiger partial charge in [0.25, 0.3) is 0 Å². The molecule has 3 rings (SSSR count). The SMILES string of the molecule is Cc1ccc(C)c(C2CCCN2C(=O)C2CCC(C(=O)O)CC2)c1. The molecule has 1 aliphatic carbocycles. The largest absolute Gasteiger partial charge is 0.481 e. The van der Waals surface area contributed by atoms with Crippen LogP contribution in [0.1, 0.15) is 61.3 Å². The van der Waals surface area contributed by atoms with Crippen LogP contribution in [0.2, 0.25) is 0 Å². The molecule has 1 saturated carbocycles. The van der Waals surface area contributed by atoms with Crippen molar-refractivity contribution in [3.05, 3.63) is 34.9 Å². The number of carbonyl (C=O) groups excluding carboxylic acids is 1. The number of amides is 1. The van der Waals surface area contributed by atoms with Crippen LogP contribution in [-0.2, 0) is 9.59 Å². The molecule has 1 aliphatic heterocycles. The first-order valence-corrected chi connectivity index (χ1v) is 9.08. The van der Waals surface area contributed by atoms with E-state index < -0.39 is 5.97 Å². The maximum absolute atomic E-state index is 13.0. The fourth-order valence-corrected chi connectivity index (χ4v) is 4.29. The van der Waals surface area contributed by atoms with Crippen molar-refractivity contribution in [1.82, 2.24) is 4.90 Å². The van der Waals surface area contributed by atoms with Gasteiger partial charge in [0.05, 0.1) is 12.0 Å². The first-order chi connectivity index (χ1) is 11.5. The first-order valence-electron chi connectivity index (χ1n) is 9.08. The number of aliphatic carboxylic acids is 1. The predicted molar refractivity (Wildman–Crippen MR) is 92.7 cm³/mol. The van der Waals surface area contributed by atoms with Crippen molar-refractivity contribution in [3.8, 4) is 0 Å². The summed E-state index contributed by atoms with van der Waals surface area (Å²) >= 11 is 0. The summed E-state index contributed by atoms with van der Waals surface area (Å²) in [6, 6.07) is 6.67. The summed E-state index contributed by atoms with van der Waals surface area (Å²) < 4.78 is 0. The quantitative estimate of drug-likeness (QED) is 0.916. The molecule has 4 nitrogen and oxygen atoms in total. The highest BCUT2D eigenvalue weighted by Crippen LogP contribution is 2.38. The topological polar surface area (TPSA) is 57.6 Å². The van der Waals surface area contributed by atoms with Crippen molar-refractivity contribution < 1.29 is 14.7 Å². The standard InChI is InChI=1S/C20H27NO3/c1-13-5-6-14(2)17(12-13)18-4-3-11-21(18)19(22)15-7-9-16(10-8-15)20(23)24/h5-6,12,15-16,18H,3-4,7-11H2,1-2H3,(H,23,24). The summed E-state index contributed by atoms with van der Waals surface area (Å²) in [5.74, 6) is -0.730. The smallest absolute Gasteiger partial charge is 0.306 e. The zero-order valence-corrected chi connectivity index (χ0v) is 14.6. The van der Waals surface area contributed by atoms with Crippen LogP contribution in [0.3, 0.4) is 0 Å². The van der Waals surface area contributed by atoms with Gasteiger partial charge < -0.3 is 10.0 Å². The van der Waals surface area contributed by atoms with Crippen molar-refractivity contribution in [3.63, 3.8) is 0 Å². The lowest BCUT2D eigenvalue weighted by Gasteiger charge is -2.33. The van der Waals surface area contributed by atoms with Crippen LogP contribution in [-0.4, -0.2) is 28.4 Å². The van der Waals surface area contributed by atoms with Gasteiger partial charge in [0.2, 0.25) is 5.91 Å². The summed E-state index contributed by atoms with van der Waals surface area (Å²) in [4.78, 5) is 26.2. The Morgan fingerprint density at radius 2 is 1.71 bits per heavy atom. The van der Waals surface area contributed by atoms with Gasteiger partial charge in [-0.3, -0.25) is 9.59 Å². The molecule has 1 aromatic carbocycles. The maximum Gasteiger partial charge on any atom is 0.306 e. The van der Waals surface area contributed by atoms with Crippen LogP contribution >= 0.6 is 0 Å². The first kappa shape index (κ1) is 17.0. The minimum Gasteiger partial charge on any atom is -0.481 e. The molecule has 1 amide bonds. The number of carboxylic acid groups (broad SMARTS) is 1. The highest BCUT2D eigenvalue weighted by Gasteiger charge is 2.37. The lowest BCUT2D eigenvalue weighted by molar-refractivity contribution is -0.146. The molecule has 2 aliphatic rings. The van der Waals surface area contributed by atoms with E-state index in [1.807, 2.05) is 0 Å². The zero-order chi connectivity index (χ0) is 17.3. The zero-order valence-electron chi connectivity index (χ0n) is 14.6. The van der Waals surface area contributed by atoms with Crippen LogP contribution < -0.4 is 0 Å². The molecule has 1 heterocycles. The highest BCUT2D eigenvalue weighted by atomic mass is 16.4. The van der Waals surface area contributed by atoms with Crippen LogP contribution in [0.5, 0.6) is 0 Å². The Labute approximate surface area is 143 Å².